The van der Waals surface area contributed by atoms with Gasteiger partial charge in [-0.25, -0.2) is 18.4 Å². The van der Waals surface area contributed by atoms with Gasteiger partial charge in [-0.05, 0) is 53.9 Å². The number of halogens is 1. The smallest absolute Gasteiger partial charge is 0.297 e. The van der Waals surface area contributed by atoms with E-state index in [0.717, 1.165) is 35.7 Å². The molecular formula is C34H27FN8Na4O16S5. The summed E-state index contributed by atoms with van der Waals surface area (Å²) in [6.07, 6.45) is -1.38. The molecule has 68 heavy (non-hydrogen) atoms. The van der Waals surface area contributed by atoms with Crippen LogP contribution in [0.3, 0.4) is 0 Å². The summed E-state index contributed by atoms with van der Waals surface area (Å²) in [5.74, 6) is -2.29. The van der Waals surface area contributed by atoms with Crippen LogP contribution < -0.4 is 11.2 Å². The molecule has 6 rings (SSSR count). The number of aliphatic imine (C=N–C) groups is 1. The quantitative estimate of drug-likeness (QED) is 0.0270. The second-order valence-electron chi connectivity index (χ2n) is 12.8. The average molecular weight is 1070 g/mol. The third-order valence-corrected chi connectivity index (χ3v) is 13.4. The molecule has 5 aromatic carbocycles. The van der Waals surface area contributed by atoms with Crippen LogP contribution in [0.2, 0.25) is 0 Å². The minimum absolute atomic E-state index is 0. The van der Waals surface area contributed by atoms with Gasteiger partial charge in [0.05, 0.1) is 34.0 Å². The van der Waals surface area contributed by atoms with E-state index in [-0.39, 0.29) is 136 Å². The number of H-pyrrole nitrogens is 2. The van der Waals surface area contributed by atoms with Crippen molar-refractivity contribution in [2.24, 2.45) is 25.2 Å². The molecule has 1 heterocycles. The molecule has 0 unspecified atom stereocenters. The van der Waals surface area contributed by atoms with Crippen molar-refractivity contribution in [1.29, 1.82) is 0 Å². The molecule has 4 radical (unpaired) electrons. The largest absolute Gasteiger partial charge is 0.505 e. The number of nitrogens with one attached hydrogen (secondary N) is 2. The van der Waals surface area contributed by atoms with Gasteiger partial charge in [0, 0.05) is 140 Å². The second kappa shape index (κ2) is 23.7. The molecule has 0 bridgehead atoms. The van der Waals surface area contributed by atoms with Gasteiger partial charge in [0.25, 0.3) is 46.6 Å². The van der Waals surface area contributed by atoms with E-state index in [0.29, 0.717) is 18.2 Å². The Hall–Kier alpha value is -2.64. The summed E-state index contributed by atoms with van der Waals surface area (Å²) in [6.45, 7) is 2.86. The maximum Gasteiger partial charge on any atom is 0.297 e. The predicted molar refractivity (Wildman–Crippen MR) is 244 cm³/mol. The molecular weight excluding hydrogens is 1050 g/mol. The molecule has 0 amide bonds. The first-order valence-corrected chi connectivity index (χ1v) is 24.5. The van der Waals surface area contributed by atoms with E-state index in [2.05, 4.69) is 46.7 Å². The van der Waals surface area contributed by atoms with E-state index < -0.39 is 143 Å². The summed E-state index contributed by atoms with van der Waals surface area (Å²) >= 11 is 0. The number of aromatic hydroxyl groups is 1. The number of azo groups is 1. The van der Waals surface area contributed by atoms with Gasteiger partial charge in [-0.15, -0.1) is 10.2 Å². The minimum atomic E-state index is -5.48. The zero-order valence-electron chi connectivity index (χ0n) is 35.5. The van der Waals surface area contributed by atoms with Crippen molar-refractivity contribution >= 4 is 219 Å². The van der Waals surface area contributed by atoms with Crippen molar-refractivity contribution in [2.75, 3.05) is 12.3 Å². The SMILES string of the molecule is C=CS(=O)(=O)CCN=C(O)c1cccc(N=c2nc(F)[nH]c(=Nc3cc(S(=O)(=O)O)cc4cc(S(=O)(=O)O)c(N=Nc5ccc6c(S(=O)(=O)O)cccc6c5S(=O)(=O)O)c(O)c34)[nH]2)c1.[Na].[Na].[Na].[Na]. The van der Waals surface area contributed by atoms with E-state index in [9.17, 15) is 74.9 Å². The number of fused-ring (bicyclic) bond motifs is 2. The molecule has 0 atom stereocenters. The summed E-state index contributed by atoms with van der Waals surface area (Å²) in [7, 11) is -24.6. The summed E-state index contributed by atoms with van der Waals surface area (Å²) in [5.41, 5.74) is -3.82. The maximum absolute atomic E-state index is 14.9. The van der Waals surface area contributed by atoms with Crippen molar-refractivity contribution in [3.8, 4) is 5.75 Å². The fourth-order valence-corrected chi connectivity index (χ4v) is 9.08. The van der Waals surface area contributed by atoms with Gasteiger partial charge < -0.3 is 10.2 Å². The fourth-order valence-electron chi connectivity index (χ4n) is 5.84. The van der Waals surface area contributed by atoms with E-state index >= 15 is 0 Å². The van der Waals surface area contributed by atoms with Gasteiger partial charge in [0.1, 0.15) is 26.1 Å². The van der Waals surface area contributed by atoms with Gasteiger partial charge >= 0.3 is 0 Å². The number of rotatable bonds is 13. The van der Waals surface area contributed by atoms with Gasteiger partial charge in [0.2, 0.25) is 17.1 Å². The summed E-state index contributed by atoms with van der Waals surface area (Å²) in [6, 6.07) is 11.9. The molecule has 0 aliphatic carbocycles. The van der Waals surface area contributed by atoms with Crippen LogP contribution in [-0.4, -0.2) is 222 Å². The van der Waals surface area contributed by atoms with Crippen LogP contribution in [-0.2, 0) is 50.3 Å². The normalized spacial score (nSPS) is 13.1. The number of aliphatic hydroxyl groups excluding tert-OH is 1. The molecule has 0 fully saturated rings. The van der Waals surface area contributed by atoms with E-state index in [1.807, 2.05) is 0 Å². The number of hydrogen-bond acceptors (Lipinski definition) is 17. The number of nitrogens with zero attached hydrogens (tertiary/aromatic N) is 6. The fraction of sp³-hybridized carbons (Fsp3) is 0.0588. The zero-order valence-corrected chi connectivity index (χ0v) is 47.6. The van der Waals surface area contributed by atoms with Crippen LogP contribution >= 0.6 is 0 Å². The van der Waals surface area contributed by atoms with E-state index in [1.165, 1.54) is 24.3 Å². The van der Waals surface area contributed by atoms with Gasteiger partial charge in [-0.3, -0.25) is 33.2 Å². The van der Waals surface area contributed by atoms with Gasteiger partial charge in [0.15, 0.2) is 15.6 Å². The topological polar surface area (TPSA) is 398 Å². The molecule has 8 N–H and O–H groups in total. The molecule has 0 aliphatic heterocycles. The van der Waals surface area contributed by atoms with Crippen LogP contribution in [0.15, 0.2) is 130 Å². The molecule has 34 heteroatoms. The molecule has 0 aliphatic rings. The minimum Gasteiger partial charge on any atom is -0.505 e. The number of benzene rings is 5. The Morgan fingerprint density at radius 3 is 1.96 bits per heavy atom. The van der Waals surface area contributed by atoms with E-state index in [4.69, 9.17) is 0 Å². The van der Waals surface area contributed by atoms with Crippen molar-refractivity contribution in [3.63, 3.8) is 0 Å². The monoisotopic (exact) mass is 1070 g/mol. The first-order chi connectivity index (χ1) is 29.7. The van der Waals surface area contributed by atoms with Crippen molar-refractivity contribution < 1.29 is 74.9 Å². The number of aliphatic hydroxyl groups is 1. The number of sulfone groups is 1. The summed E-state index contributed by atoms with van der Waals surface area (Å²) < 4.78 is 177. The Morgan fingerprint density at radius 1 is 0.706 bits per heavy atom. The molecule has 24 nitrogen and oxygen atoms in total. The van der Waals surface area contributed by atoms with Crippen LogP contribution in [0.4, 0.5) is 27.1 Å². The Bertz CT molecular complexity index is 3780. The van der Waals surface area contributed by atoms with Crippen LogP contribution in [0, 0.1) is 6.08 Å². The molecule has 340 valence electrons. The summed E-state index contributed by atoms with van der Waals surface area (Å²) in [4.78, 5) is 15.9. The van der Waals surface area contributed by atoms with Crippen LogP contribution in [0.25, 0.3) is 21.5 Å². The third kappa shape index (κ3) is 14.7. The second-order valence-corrected chi connectivity index (χ2v) is 20.4. The van der Waals surface area contributed by atoms with Crippen LogP contribution in [0.1, 0.15) is 5.56 Å². The Kier molecular flexibility index (Phi) is 21.4. The van der Waals surface area contributed by atoms with Crippen molar-refractivity contribution in [2.45, 2.75) is 19.6 Å². The average Bonchev–Trinajstić information content (AvgIpc) is 3.18. The van der Waals surface area contributed by atoms with Crippen molar-refractivity contribution in [1.82, 2.24) is 15.0 Å². The number of aromatic amines is 2. The third-order valence-electron chi connectivity index (χ3n) is 8.54. The summed E-state index contributed by atoms with van der Waals surface area (Å²) in [5, 5.41) is 27.8. The Labute approximate surface area is 472 Å². The molecule has 0 saturated carbocycles. The number of aromatic nitrogens is 3. The molecule has 6 aromatic rings. The number of hydrogen-bond donors (Lipinski definition) is 8. The predicted octanol–water partition coefficient (Wildman–Crippen LogP) is 2.10. The Morgan fingerprint density at radius 2 is 1.35 bits per heavy atom. The standard InChI is InChI=1S/C34H27FN8O16S5.4Na/c1-2-60(46,47)12-11-36-31(45)17-5-3-6-19(13-17)37-33-39-32(35)40-34(41-33)38-24-16-20(61(48,49)50)14-18-15-26(63(54,55)56)28(29(44)27(18)24)43-42-23-10-9-21-22(30(23)64(57,58)59)7-4-8-25(21)62(51,52)53;;;;/h2-10,13-16,44H,1,11-12H2,(H,36,45)(H,48,49,50)(H,51,52,53)(H,54,55,56)(H,57,58,59)(H2,37,38,39,40,41);;;;. The van der Waals surface area contributed by atoms with E-state index in [1.54, 1.807) is 0 Å². The van der Waals surface area contributed by atoms with Gasteiger partial charge in [-0.1, -0.05) is 30.8 Å². The van der Waals surface area contributed by atoms with Crippen molar-refractivity contribution in [3.05, 3.63) is 108 Å². The maximum atomic E-state index is 14.9. The molecule has 1 aromatic heterocycles. The molecule has 0 spiro atoms. The van der Waals surface area contributed by atoms with Crippen LogP contribution in [0.5, 0.6) is 5.75 Å². The molecule has 0 saturated heterocycles. The first kappa shape index (κ1) is 61.5. The Balaban J connectivity index is 0.00000397. The van der Waals surface area contributed by atoms with Gasteiger partial charge in [-0.2, -0.15) is 43.0 Å². The first-order valence-electron chi connectivity index (χ1n) is 17.0. The number of phenols is 1. The number of phenolic OH excluding ortho intramolecular Hbond substituents is 1. The zero-order chi connectivity index (χ0) is 47.2.